The Morgan fingerprint density at radius 3 is 2.94 bits per heavy atom. The minimum Gasteiger partial charge on any atom is -0.481 e. The second kappa shape index (κ2) is 6.48. The van der Waals surface area contributed by atoms with E-state index >= 15 is 0 Å². The van der Waals surface area contributed by atoms with E-state index in [0.29, 0.717) is 24.8 Å². The van der Waals surface area contributed by atoms with Crippen LogP contribution < -0.4 is 21.5 Å². The lowest BCUT2D eigenvalue weighted by Gasteiger charge is -2.07. The van der Waals surface area contributed by atoms with Gasteiger partial charge in [0.15, 0.2) is 0 Å². The molecular formula is C9H15N5O3. The molecule has 0 aliphatic carbocycles. The summed E-state index contributed by atoms with van der Waals surface area (Å²) in [6.45, 7) is 0.693. The van der Waals surface area contributed by atoms with Gasteiger partial charge in [-0.2, -0.15) is 9.97 Å². The third kappa shape index (κ3) is 4.98. The summed E-state index contributed by atoms with van der Waals surface area (Å²) in [5.74, 6) is 0.512. The van der Waals surface area contributed by atoms with Gasteiger partial charge >= 0.3 is 0 Å². The van der Waals surface area contributed by atoms with Crippen molar-refractivity contribution in [2.45, 2.75) is 0 Å². The predicted octanol–water partition coefficient (Wildman–Crippen LogP) is -1.02. The summed E-state index contributed by atoms with van der Waals surface area (Å²) in [6, 6.07) is 1.60. The summed E-state index contributed by atoms with van der Waals surface area (Å²) in [5, 5.41) is 2.95. The molecule has 94 valence electrons. The van der Waals surface area contributed by atoms with Crippen LogP contribution in [0.5, 0.6) is 5.88 Å². The third-order valence-electron chi connectivity index (χ3n) is 1.73. The van der Waals surface area contributed by atoms with E-state index in [2.05, 4.69) is 15.3 Å². The van der Waals surface area contributed by atoms with E-state index in [4.69, 9.17) is 20.9 Å². The minimum absolute atomic E-state index is 0.100. The Hall–Kier alpha value is -2.09. The molecular weight excluding hydrogens is 226 g/mol. The number of nitrogen functional groups attached to an aromatic ring is 1. The minimum atomic E-state index is -0.502. The number of carbonyl (C=O) groups is 1. The quantitative estimate of drug-likeness (QED) is 0.522. The highest BCUT2D eigenvalue weighted by molar-refractivity contribution is 5.74. The van der Waals surface area contributed by atoms with Crippen molar-refractivity contribution in [1.29, 1.82) is 0 Å². The van der Waals surface area contributed by atoms with E-state index in [0.717, 1.165) is 0 Å². The number of amides is 1. The van der Waals surface area contributed by atoms with Gasteiger partial charge in [-0.15, -0.1) is 0 Å². The molecule has 0 aliphatic rings. The number of methoxy groups -OCH3 is 1. The van der Waals surface area contributed by atoms with Gasteiger partial charge in [0.05, 0.1) is 13.7 Å². The first-order valence-corrected chi connectivity index (χ1v) is 4.90. The first-order chi connectivity index (χ1) is 8.11. The first kappa shape index (κ1) is 13.0. The van der Waals surface area contributed by atoms with Gasteiger partial charge in [-0.1, -0.05) is 0 Å². The van der Waals surface area contributed by atoms with Crippen molar-refractivity contribution in [3.05, 3.63) is 6.07 Å². The van der Waals surface area contributed by atoms with E-state index in [-0.39, 0.29) is 12.6 Å². The Labute approximate surface area is 98.3 Å². The van der Waals surface area contributed by atoms with Crippen LogP contribution in [0.2, 0.25) is 0 Å². The third-order valence-corrected chi connectivity index (χ3v) is 1.73. The molecule has 0 spiro atoms. The fourth-order valence-electron chi connectivity index (χ4n) is 1.06. The summed E-state index contributed by atoms with van der Waals surface area (Å²) in [7, 11) is 1.49. The molecule has 1 heterocycles. The highest BCUT2D eigenvalue weighted by Gasteiger charge is 2.01. The molecule has 0 atom stereocenters. The van der Waals surface area contributed by atoms with E-state index in [1.54, 1.807) is 6.07 Å². The average molecular weight is 241 g/mol. The molecule has 17 heavy (non-hydrogen) atoms. The summed E-state index contributed by atoms with van der Waals surface area (Å²) in [4.78, 5) is 18.2. The molecule has 0 fully saturated rings. The maximum absolute atomic E-state index is 10.4. The molecule has 1 aromatic rings. The second-order valence-corrected chi connectivity index (χ2v) is 3.10. The van der Waals surface area contributed by atoms with Crippen LogP contribution in [0.15, 0.2) is 6.07 Å². The summed E-state index contributed by atoms with van der Waals surface area (Å²) >= 11 is 0. The van der Waals surface area contributed by atoms with Crippen LogP contribution in [-0.4, -0.2) is 42.7 Å². The van der Waals surface area contributed by atoms with Gasteiger partial charge in [-0.25, -0.2) is 0 Å². The number of nitrogens with one attached hydrogen (secondary N) is 1. The zero-order valence-corrected chi connectivity index (χ0v) is 9.47. The van der Waals surface area contributed by atoms with Gasteiger partial charge in [0.2, 0.25) is 17.7 Å². The van der Waals surface area contributed by atoms with Crippen LogP contribution in [0.4, 0.5) is 11.8 Å². The summed E-state index contributed by atoms with van der Waals surface area (Å²) in [5.41, 5.74) is 10.4. The van der Waals surface area contributed by atoms with Gasteiger partial charge < -0.3 is 26.3 Å². The van der Waals surface area contributed by atoms with E-state index in [9.17, 15) is 4.79 Å². The molecule has 0 aliphatic heterocycles. The maximum atomic E-state index is 10.4. The van der Waals surface area contributed by atoms with Crippen molar-refractivity contribution in [3.8, 4) is 5.88 Å². The zero-order chi connectivity index (χ0) is 12.7. The number of rotatable bonds is 7. The van der Waals surface area contributed by atoms with Crippen LogP contribution >= 0.6 is 0 Å². The lowest BCUT2D eigenvalue weighted by atomic mass is 10.5. The van der Waals surface area contributed by atoms with Crippen molar-refractivity contribution in [2.24, 2.45) is 5.73 Å². The highest BCUT2D eigenvalue weighted by Crippen LogP contribution is 2.13. The molecule has 1 amide bonds. The predicted molar refractivity (Wildman–Crippen MR) is 61.5 cm³/mol. The lowest BCUT2D eigenvalue weighted by molar-refractivity contribution is -0.122. The number of primary amides is 1. The number of ether oxygens (including phenoxy) is 2. The van der Waals surface area contributed by atoms with Crippen molar-refractivity contribution < 1.29 is 14.3 Å². The molecule has 0 unspecified atom stereocenters. The molecule has 5 N–H and O–H groups in total. The van der Waals surface area contributed by atoms with Gasteiger partial charge in [0, 0.05) is 12.6 Å². The molecule has 1 rings (SSSR count). The number of carbonyl (C=O) groups excluding carboxylic acids is 1. The molecule has 1 aromatic heterocycles. The number of hydrogen-bond acceptors (Lipinski definition) is 7. The number of anilines is 2. The largest absolute Gasteiger partial charge is 0.481 e. The number of hydrogen-bond donors (Lipinski definition) is 3. The van der Waals surface area contributed by atoms with Crippen molar-refractivity contribution in [2.75, 3.05) is 37.9 Å². The molecule has 0 saturated heterocycles. The topological polar surface area (TPSA) is 125 Å². The lowest BCUT2D eigenvalue weighted by Crippen LogP contribution is -2.20. The fourth-order valence-corrected chi connectivity index (χ4v) is 1.06. The summed E-state index contributed by atoms with van der Waals surface area (Å²) in [6.07, 6.45) is 0. The van der Waals surface area contributed by atoms with Crippen molar-refractivity contribution >= 4 is 17.7 Å². The van der Waals surface area contributed by atoms with E-state index in [1.807, 2.05) is 0 Å². The van der Waals surface area contributed by atoms with Crippen LogP contribution in [0.3, 0.4) is 0 Å². The van der Waals surface area contributed by atoms with Gasteiger partial charge in [0.1, 0.15) is 12.4 Å². The normalized spacial score (nSPS) is 9.94. The average Bonchev–Trinajstić information content (AvgIpc) is 2.27. The zero-order valence-electron chi connectivity index (χ0n) is 9.47. The number of nitrogens with two attached hydrogens (primary N) is 2. The molecule has 0 radical (unpaired) electrons. The standard InChI is InChI=1S/C9H15N5O3/c1-16-8-4-7(13-9(11)14-8)12-2-3-17-5-6(10)15/h4H,2-3,5H2,1H3,(H2,10,15)(H3,11,12,13,14). The maximum Gasteiger partial charge on any atom is 0.243 e. The molecule has 8 heteroatoms. The molecule has 0 saturated carbocycles. The Balaban J connectivity index is 2.36. The SMILES string of the molecule is COc1cc(NCCOCC(N)=O)nc(N)n1. The van der Waals surface area contributed by atoms with Crippen LogP contribution in [-0.2, 0) is 9.53 Å². The van der Waals surface area contributed by atoms with Gasteiger partial charge in [0.25, 0.3) is 0 Å². The van der Waals surface area contributed by atoms with Crippen LogP contribution in [0.25, 0.3) is 0 Å². The molecule has 8 nitrogen and oxygen atoms in total. The van der Waals surface area contributed by atoms with Gasteiger partial charge in [-0.05, 0) is 0 Å². The van der Waals surface area contributed by atoms with Crippen LogP contribution in [0, 0.1) is 0 Å². The Morgan fingerprint density at radius 2 is 2.29 bits per heavy atom. The number of nitrogens with zero attached hydrogens (tertiary/aromatic N) is 2. The van der Waals surface area contributed by atoms with Crippen LogP contribution in [0.1, 0.15) is 0 Å². The number of aromatic nitrogens is 2. The van der Waals surface area contributed by atoms with E-state index in [1.165, 1.54) is 7.11 Å². The Kier molecular flexibility index (Phi) is 4.95. The molecule has 0 aromatic carbocycles. The second-order valence-electron chi connectivity index (χ2n) is 3.10. The fraction of sp³-hybridized carbons (Fsp3) is 0.444. The smallest absolute Gasteiger partial charge is 0.243 e. The summed E-state index contributed by atoms with van der Waals surface area (Å²) < 4.78 is 9.89. The monoisotopic (exact) mass is 241 g/mol. The van der Waals surface area contributed by atoms with Crippen molar-refractivity contribution in [3.63, 3.8) is 0 Å². The highest BCUT2D eigenvalue weighted by atomic mass is 16.5. The van der Waals surface area contributed by atoms with Gasteiger partial charge in [-0.3, -0.25) is 4.79 Å². The molecule has 0 bridgehead atoms. The Bertz CT molecular complexity index is 385. The first-order valence-electron chi connectivity index (χ1n) is 4.90. The Morgan fingerprint density at radius 1 is 1.53 bits per heavy atom. The van der Waals surface area contributed by atoms with E-state index < -0.39 is 5.91 Å². The van der Waals surface area contributed by atoms with Crippen molar-refractivity contribution in [1.82, 2.24) is 9.97 Å².